The highest BCUT2D eigenvalue weighted by molar-refractivity contribution is 6.31. The monoisotopic (exact) mass is 392 g/mol. The molecule has 1 aliphatic rings. The molecule has 0 spiro atoms. The van der Waals surface area contributed by atoms with Crippen LogP contribution < -0.4 is 4.74 Å². The minimum absolute atomic E-state index is 0.256. The Kier molecular flexibility index (Phi) is 7.07. The standard InChI is InChI=1S/C21H26ClFN2O2/c1-16-5-7-18(8-6-16)27-15-17(26)13-24-9-11-25(12-10-24)14-19-20(22)3-2-4-21(19)23/h2-8,17,26H,9-15H2,1H3/t17-/m1/s1. The number of aliphatic hydroxyl groups is 1. The zero-order valence-electron chi connectivity index (χ0n) is 15.6. The third-order valence-electron chi connectivity index (χ3n) is 4.84. The minimum atomic E-state index is -0.543. The van der Waals surface area contributed by atoms with E-state index in [0.717, 1.165) is 31.9 Å². The Labute approximate surface area is 165 Å². The molecule has 3 rings (SSSR count). The lowest BCUT2D eigenvalue weighted by atomic mass is 10.1. The van der Waals surface area contributed by atoms with Gasteiger partial charge in [-0.1, -0.05) is 35.4 Å². The van der Waals surface area contributed by atoms with E-state index in [4.69, 9.17) is 16.3 Å². The predicted octanol–water partition coefficient (Wildman–Crippen LogP) is 3.35. The molecule has 0 saturated carbocycles. The summed E-state index contributed by atoms with van der Waals surface area (Å²) < 4.78 is 19.6. The van der Waals surface area contributed by atoms with Gasteiger partial charge in [-0.25, -0.2) is 4.39 Å². The van der Waals surface area contributed by atoms with Crippen molar-refractivity contribution in [2.24, 2.45) is 0 Å². The zero-order chi connectivity index (χ0) is 19.2. The molecular formula is C21H26ClFN2O2. The lowest BCUT2D eigenvalue weighted by molar-refractivity contribution is 0.0444. The summed E-state index contributed by atoms with van der Waals surface area (Å²) in [6.45, 7) is 6.67. The molecule has 4 nitrogen and oxygen atoms in total. The molecule has 0 amide bonds. The van der Waals surface area contributed by atoms with E-state index >= 15 is 0 Å². The van der Waals surface area contributed by atoms with Crippen LogP contribution in [-0.2, 0) is 6.54 Å². The Morgan fingerprint density at radius 3 is 2.41 bits per heavy atom. The van der Waals surface area contributed by atoms with Crippen LogP contribution in [0, 0.1) is 12.7 Å². The summed E-state index contributed by atoms with van der Waals surface area (Å²) in [5.74, 6) is 0.514. The van der Waals surface area contributed by atoms with Gasteiger partial charge in [0.1, 0.15) is 24.3 Å². The number of hydrogen-bond donors (Lipinski definition) is 1. The molecule has 1 aliphatic heterocycles. The van der Waals surface area contributed by atoms with Gasteiger partial charge in [-0.15, -0.1) is 0 Å². The highest BCUT2D eigenvalue weighted by atomic mass is 35.5. The van der Waals surface area contributed by atoms with E-state index < -0.39 is 6.10 Å². The number of β-amino-alcohol motifs (C(OH)–C–C–N with tert-alkyl or cyclic N) is 1. The summed E-state index contributed by atoms with van der Waals surface area (Å²) in [6.07, 6.45) is -0.543. The molecule has 0 unspecified atom stereocenters. The van der Waals surface area contributed by atoms with Gasteiger partial charge in [0.2, 0.25) is 0 Å². The van der Waals surface area contributed by atoms with E-state index in [1.54, 1.807) is 12.1 Å². The van der Waals surface area contributed by atoms with Crippen LogP contribution in [0.5, 0.6) is 5.75 Å². The Morgan fingerprint density at radius 1 is 1.07 bits per heavy atom. The van der Waals surface area contributed by atoms with Crippen molar-refractivity contribution in [3.63, 3.8) is 0 Å². The van der Waals surface area contributed by atoms with Crippen LogP contribution in [0.2, 0.25) is 5.02 Å². The molecule has 0 aliphatic carbocycles. The van der Waals surface area contributed by atoms with Crippen molar-refractivity contribution < 1.29 is 14.2 Å². The number of halogens is 2. The Bertz CT molecular complexity index is 713. The van der Waals surface area contributed by atoms with E-state index in [0.29, 0.717) is 23.7 Å². The molecule has 1 saturated heterocycles. The number of rotatable bonds is 7. The number of benzene rings is 2. The summed E-state index contributed by atoms with van der Waals surface area (Å²) in [5, 5.41) is 10.7. The first-order chi connectivity index (χ1) is 13.0. The maximum atomic E-state index is 13.9. The smallest absolute Gasteiger partial charge is 0.129 e. The first kappa shape index (κ1) is 20.1. The fraction of sp³-hybridized carbons (Fsp3) is 0.429. The van der Waals surface area contributed by atoms with Gasteiger partial charge in [0.25, 0.3) is 0 Å². The van der Waals surface area contributed by atoms with Gasteiger partial charge in [0, 0.05) is 49.9 Å². The molecule has 2 aromatic rings. The molecule has 27 heavy (non-hydrogen) atoms. The summed E-state index contributed by atoms with van der Waals surface area (Å²) in [7, 11) is 0. The first-order valence-corrected chi connectivity index (χ1v) is 9.64. The Balaban J connectivity index is 1.40. The van der Waals surface area contributed by atoms with E-state index in [9.17, 15) is 9.50 Å². The Hall–Kier alpha value is -1.66. The van der Waals surface area contributed by atoms with Crippen LogP contribution in [0.25, 0.3) is 0 Å². The predicted molar refractivity (Wildman–Crippen MR) is 106 cm³/mol. The van der Waals surface area contributed by atoms with Crippen molar-refractivity contribution in [1.29, 1.82) is 0 Å². The van der Waals surface area contributed by atoms with E-state index in [1.807, 2.05) is 31.2 Å². The van der Waals surface area contributed by atoms with Gasteiger partial charge < -0.3 is 9.84 Å². The third kappa shape index (κ3) is 5.91. The van der Waals surface area contributed by atoms with Crippen LogP contribution in [0.15, 0.2) is 42.5 Å². The van der Waals surface area contributed by atoms with Crippen molar-refractivity contribution >= 4 is 11.6 Å². The summed E-state index contributed by atoms with van der Waals surface area (Å²) in [6, 6.07) is 12.6. The summed E-state index contributed by atoms with van der Waals surface area (Å²) in [5.41, 5.74) is 1.73. The van der Waals surface area contributed by atoms with Crippen molar-refractivity contribution in [3.8, 4) is 5.75 Å². The number of nitrogens with zero attached hydrogens (tertiary/aromatic N) is 2. The third-order valence-corrected chi connectivity index (χ3v) is 5.19. The topological polar surface area (TPSA) is 35.9 Å². The van der Waals surface area contributed by atoms with Crippen LogP contribution in [-0.4, -0.2) is 60.3 Å². The summed E-state index contributed by atoms with van der Waals surface area (Å²) in [4.78, 5) is 4.40. The molecule has 0 radical (unpaired) electrons. The highest BCUT2D eigenvalue weighted by Crippen LogP contribution is 2.21. The second-order valence-electron chi connectivity index (χ2n) is 7.05. The van der Waals surface area contributed by atoms with Crippen LogP contribution in [0.3, 0.4) is 0 Å². The van der Waals surface area contributed by atoms with Gasteiger partial charge in [-0.3, -0.25) is 9.80 Å². The van der Waals surface area contributed by atoms with Crippen molar-refractivity contribution in [2.75, 3.05) is 39.3 Å². The molecule has 146 valence electrons. The molecule has 0 bridgehead atoms. The van der Waals surface area contributed by atoms with Gasteiger partial charge in [0.15, 0.2) is 0 Å². The van der Waals surface area contributed by atoms with Gasteiger partial charge in [-0.05, 0) is 31.2 Å². The second kappa shape index (κ2) is 9.51. The van der Waals surface area contributed by atoms with E-state index in [2.05, 4.69) is 9.80 Å². The molecule has 2 aromatic carbocycles. The number of piperazine rings is 1. The van der Waals surface area contributed by atoms with Gasteiger partial charge in [0.05, 0.1) is 0 Å². The number of aryl methyl sites for hydroxylation is 1. The fourth-order valence-corrected chi connectivity index (χ4v) is 3.44. The quantitative estimate of drug-likeness (QED) is 0.784. The molecule has 1 atom stereocenters. The molecule has 1 heterocycles. The molecule has 0 aromatic heterocycles. The van der Waals surface area contributed by atoms with Crippen LogP contribution in [0.4, 0.5) is 4.39 Å². The SMILES string of the molecule is Cc1ccc(OC[C@H](O)CN2CCN(Cc3c(F)cccc3Cl)CC2)cc1. The molecule has 6 heteroatoms. The largest absolute Gasteiger partial charge is 0.491 e. The van der Waals surface area contributed by atoms with Crippen LogP contribution in [0.1, 0.15) is 11.1 Å². The maximum Gasteiger partial charge on any atom is 0.129 e. The highest BCUT2D eigenvalue weighted by Gasteiger charge is 2.21. The maximum absolute atomic E-state index is 13.9. The molecular weight excluding hydrogens is 367 g/mol. The minimum Gasteiger partial charge on any atom is -0.491 e. The van der Waals surface area contributed by atoms with E-state index in [1.165, 1.54) is 11.6 Å². The average Bonchev–Trinajstić information content (AvgIpc) is 2.66. The second-order valence-corrected chi connectivity index (χ2v) is 7.46. The normalized spacial score (nSPS) is 17.0. The fourth-order valence-electron chi connectivity index (χ4n) is 3.21. The average molecular weight is 393 g/mol. The van der Waals surface area contributed by atoms with E-state index in [-0.39, 0.29) is 12.4 Å². The molecule has 1 N–H and O–H groups in total. The summed E-state index contributed by atoms with van der Waals surface area (Å²) >= 11 is 6.12. The first-order valence-electron chi connectivity index (χ1n) is 9.26. The molecule has 1 fully saturated rings. The van der Waals surface area contributed by atoms with Gasteiger partial charge >= 0.3 is 0 Å². The number of hydrogen-bond acceptors (Lipinski definition) is 4. The zero-order valence-corrected chi connectivity index (χ0v) is 16.3. The number of ether oxygens (including phenoxy) is 1. The lowest BCUT2D eigenvalue weighted by Crippen LogP contribution is -2.48. The lowest BCUT2D eigenvalue weighted by Gasteiger charge is -2.35. The Morgan fingerprint density at radius 2 is 1.74 bits per heavy atom. The van der Waals surface area contributed by atoms with Gasteiger partial charge in [-0.2, -0.15) is 0 Å². The number of aliphatic hydroxyl groups excluding tert-OH is 1. The van der Waals surface area contributed by atoms with Crippen molar-refractivity contribution in [3.05, 3.63) is 64.4 Å². The van der Waals surface area contributed by atoms with Crippen molar-refractivity contribution in [1.82, 2.24) is 9.80 Å². The van der Waals surface area contributed by atoms with Crippen LogP contribution >= 0.6 is 11.6 Å². The van der Waals surface area contributed by atoms with Crippen molar-refractivity contribution in [2.45, 2.75) is 19.6 Å².